The average Bonchev–Trinajstić information content (AvgIpc) is 3.30. The van der Waals surface area contributed by atoms with Gasteiger partial charge in [-0.3, -0.25) is 4.68 Å². The Bertz CT molecular complexity index is 783. The number of thiocarbonyl (C=S) groups is 1. The van der Waals surface area contributed by atoms with Crippen LogP contribution in [-0.2, 0) is 12.7 Å². The Labute approximate surface area is 153 Å². The highest BCUT2D eigenvalue weighted by molar-refractivity contribution is 7.80. The van der Waals surface area contributed by atoms with Crippen molar-refractivity contribution in [1.29, 1.82) is 0 Å². The number of anilines is 1. The molecule has 9 heteroatoms. The van der Waals surface area contributed by atoms with Gasteiger partial charge in [-0.25, -0.2) is 4.39 Å². The maximum atomic E-state index is 13.1. The molecule has 3 rings (SSSR count). The number of nitrogens with zero attached hydrogens (tertiary/aromatic N) is 2. The summed E-state index contributed by atoms with van der Waals surface area (Å²) in [6.45, 7) is 0.837. The first kappa shape index (κ1) is 18.6. The van der Waals surface area contributed by atoms with E-state index in [9.17, 15) is 17.6 Å². The second kappa shape index (κ2) is 7.61. The molecule has 1 saturated carbocycles. The number of hydrogen-bond acceptors (Lipinski definition) is 2. The minimum atomic E-state index is -4.43. The van der Waals surface area contributed by atoms with Gasteiger partial charge in [-0.15, -0.1) is 0 Å². The largest absolute Gasteiger partial charge is 0.435 e. The van der Waals surface area contributed by atoms with Gasteiger partial charge in [0.05, 0.1) is 0 Å². The minimum absolute atomic E-state index is 0.183. The van der Waals surface area contributed by atoms with Crippen LogP contribution in [0.25, 0.3) is 0 Å². The maximum Gasteiger partial charge on any atom is 0.435 e. The van der Waals surface area contributed by atoms with Crippen LogP contribution in [0.4, 0.5) is 23.2 Å². The van der Waals surface area contributed by atoms with Crippen molar-refractivity contribution in [2.75, 3.05) is 11.9 Å². The molecule has 0 radical (unpaired) electrons. The van der Waals surface area contributed by atoms with E-state index in [0.29, 0.717) is 36.0 Å². The Morgan fingerprint density at radius 1 is 1.27 bits per heavy atom. The van der Waals surface area contributed by atoms with E-state index in [4.69, 9.17) is 12.2 Å². The van der Waals surface area contributed by atoms with Crippen molar-refractivity contribution >= 4 is 23.0 Å². The second-order valence-corrected chi connectivity index (χ2v) is 6.60. The summed E-state index contributed by atoms with van der Waals surface area (Å²) in [5.74, 6) is -0.188. The molecule has 2 N–H and O–H groups in total. The van der Waals surface area contributed by atoms with Crippen molar-refractivity contribution in [3.8, 4) is 0 Å². The molecule has 1 aliphatic rings. The van der Waals surface area contributed by atoms with Gasteiger partial charge in [0.15, 0.2) is 10.8 Å². The predicted molar refractivity (Wildman–Crippen MR) is 94.4 cm³/mol. The topological polar surface area (TPSA) is 41.9 Å². The first-order chi connectivity index (χ1) is 12.3. The first-order valence-corrected chi connectivity index (χ1v) is 8.69. The molecule has 1 aromatic heterocycles. The first-order valence-electron chi connectivity index (χ1n) is 8.28. The number of aromatic nitrogens is 2. The van der Waals surface area contributed by atoms with Gasteiger partial charge < -0.3 is 10.6 Å². The van der Waals surface area contributed by atoms with Gasteiger partial charge in [-0.2, -0.15) is 18.3 Å². The fourth-order valence-electron chi connectivity index (χ4n) is 2.63. The molecule has 4 nitrogen and oxygen atoms in total. The van der Waals surface area contributed by atoms with Gasteiger partial charge in [-0.1, -0.05) is 6.07 Å². The zero-order valence-corrected chi connectivity index (χ0v) is 14.6. The van der Waals surface area contributed by atoms with Gasteiger partial charge in [-0.05, 0) is 55.7 Å². The lowest BCUT2D eigenvalue weighted by Crippen LogP contribution is -2.30. The van der Waals surface area contributed by atoms with Crippen LogP contribution < -0.4 is 10.6 Å². The Morgan fingerprint density at radius 2 is 2.04 bits per heavy atom. The lowest BCUT2D eigenvalue weighted by molar-refractivity contribution is -0.141. The number of hydrogen-bond donors (Lipinski definition) is 2. The van der Waals surface area contributed by atoms with Crippen molar-refractivity contribution in [3.63, 3.8) is 0 Å². The molecule has 0 aliphatic heterocycles. The van der Waals surface area contributed by atoms with Crippen LogP contribution >= 0.6 is 12.2 Å². The number of nitrogens with one attached hydrogen (secondary N) is 2. The van der Waals surface area contributed by atoms with Gasteiger partial charge in [0, 0.05) is 30.4 Å². The molecule has 1 heterocycles. The Hall–Kier alpha value is -2.16. The summed E-state index contributed by atoms with van der Waals surface area (Å²) in [5.41, 5.74) is 0.342. The fourth-order valence-corrected chi connectivity index (χ4v) is 2.85. The second-order valence-electron chi connectivity index (χ2n) is 6.19. The van der Waals surface area contributed by atoms with Crippen molar-refractivity contribution in [2.24, 2.45) is 0 Å². The highest BCUT2D eigenvalue weighted by atomic mass is 32.1. The molecule has 0 unspecified atom stereocenters. The molecule has 0 amide bonds. The number of alkyl halides is 3. The lowest BCUT2D eigenvalue weighted by atomic mass is 10.2. The molecule has 2 aromatic rings. The van der Waals surface area contributed by atoms with Crippen molar-refractivity contribution in [1.82, 2.24) is 15.1 Å². The van der Waals surface area contributed by atoms with Crippen LogP contribution in [0.2, 0.25) is 0 Å². The normalized spacial score (nSPS) is 14.3. The molecule has 1 fully saturated rings. The molecular weight excluding hydrogens is 368 g/mol. The third kappa shape index (κ3) is 4.94. The van der Waals surface area contributed by atoms with Crippen LogP contribution in [-0.4, -0.2) is 21.4 Å². The minimum Gasteiger partial charge on any atom is -0.362 e. The number of aryl methyl sites for hydroxylation is 1. The van der Waals surface area contributed by atoms with Crippen LogP contribution in [0.15, 0.2) is 30.3 Å². The van der Waals surface area contributed by atoms with Gasteiger partial charge in [0.2, 0.25) is 0 Å². The van der Waals surface area contributed by atoms with Crippen molar-refractivity contribution in [2.45, 2.75) is 37.9 Å². The summed E-state index contributed by atoms with van der Waals surface area (Å²) < 4.78 is 53.1. The van der Waals surface area contributed by atoms with E-state index in [1.807, 2.05) is 0 Å². The lowest BCUT2D eigenvalue weighted by Gasteiger charge is -2.11. The summed E-state index contributed by atoms with van der Waals surface area (Å²) in [7, 11) is 0. The predicted octanol–water partition coefficient (Wildman–Crippen LogP) is 4.30. The highest BCUT2D eigenvalue weighted by Crippen LogP contribution is 2.42. The van der Waals surface area contributed by atoms with E-state index in [1.165, 1.54) is 16.8 Å². The maximum absolute atomic E-state index is 13.1. The van der Waals surface area contributed by atoms with Gasteiger partial charge in [0.25, 0.3) is 0 Å². The molecule has 0 bridgehead atoms. The Morgan fingerprint density at radius 3 is 2.69 bits per heavy atom. The molecule has 0 spiro atoms. The quantitative estimate of drug-likeness (QED) is 0.441. The van der Waals surface area contributed by atoms with E-state index < -0.39 is 11.9 Å². The third-order valence-electron chi connectivity index (χ3n) is 4.01. The van der Waals surface area contributed by atoms with Crippen LogP contribution in [0, 0.1) is 5.82 Å². The average molecular weight is 386 g/mol. The Balaban J connectivity index is 1.49. The molecule has 0 saturated heterocycles. The van der Waals surface area contributed by atoms with E-state index in [1.54, 1.807) is 12.1 Å². The van der Waals surface area contributed by atoms with Crippen molar-refractivity contribution < 1.29 is 17.6 Å². The SMILES string of the molecule is Fc1cccc(NC(=S)NCCCn2nc(C(F)(F)F)cc2C2CC2)c1. The smallest absolute Gasteiger partial charge is 0.362 e. The molecule has 1 aliphatic carbocycles. The summed E-state index contributed by atoms with van der Waals surface area (Å²) in [4.78, 5) is 0. The molecule has 1 aromatic carbocycles. The van der Waals surface area contributed by atoms with E-state index in [0.717, 1.165) is 18.9 Å². The summed E-state index contributed by atoms with van der Waals surface area (Å²) >= 11 is 5.12. The van der Waals surface area contributed by atoms with Crippen LogP contribution in [0.1, 0.15) is 36.6 Å². The molecule has 26 heavy (non-hydrogen) atoms. The molecular formula is C17H18F4N4S. The monoisotopic (exact) mass is 386 g/mol. The van der Waals surface area contributed by atoms with E-state index in [2.05, 4.69) is 15.7 Å². The number of rotatable bonds is 6. The van der Waals surface area contributed by atoms with Crippen molar-refractivity contribution in [3.05, 3.63) is 47.5 Å². The standard InChI is InChI=1S/C17H18F4N4S/c18-12-3-1-4-13(9-12)23-16(26)22-7-2-8-25-14(11-5-6-11)10-15(24-25)17(19,20)21/h1,3-4,9-11H,2,5-8H2,(H2,22,23,26). The van der Waals surface area contributed by atoms with Crippen LogP contribution in [0.5, 0.6) is 0 Å². The van der Waals surface area contributed by atoms with E-state index in [-0.39, 0.29) is 11.7 Å². The van der Waals surface area contributed by atoms with Gasteiger partial charge in [0.1, 0.15) is 5.82 Å². The Kier molecular flexibility index (Phi) is 5.45. The summed E-state index contributed by atoms with van der Waals surface area (Å²) in [5, 5.41) is 9.85. The number of benzene rings is 1. The fraction of sp³-hybridized carbons (Fsp3) is 0.412. The zero-order chi connectivity index (χ0) is 18.7. The molecule has 0 atom stereocenters. The summed E-state index contributed by atoms with van der Waals surface area (Å²) in [6, 6.07) is 7.05. The third-order valence-corrected chi connectivity index (χ3v) is 4.26. The van der Waals surface area contributed by atoms with E-state index >= 15 is 0 Å². The summed E-state index contributed by atoms with van der Waals surface area (Å²) in [6.07, 6.45) is -2.06. The molecule has 140 valence electrons. The highest BCUT2D eigenvalue weighted by Gasteiger charge is 2.37. The zero-order valence-electron chi connectivity index (χ0n) is 13.8. The van der Waals surface area contributed by atoms with Gasteiger partial charge >= 0.3 is 6.18 Å². The number of halogens is 4. The van der Waals surface area contributed by atoms with Crippen LogP contribution in [0.3, 0.4) is 0 Å².